The maximum Gasteiger partial charge on any atom is 0.253 e. The third kappa shape index (κ3) is 5.81. The molecule has 7 heteroatoms. The van der Waals surface area contributed by atoms with E-state index in [1.54, 1.807) is 17.0 Å². The highest BCUT2D eigenvalue weighted by atomic mass is 16.5. The lowest BCUT2D eigenvalue weighted by Crippen LogP contribution is -2.48. The average molecular weight is 348 g/mol. The van der Waals surface area contributed by atoms with Gasteiger partial charge in [0.25, 0.3) is 5.91 Å². The first-order valence-electron chi connectivity index (χ1n) is 8.52. The molecular weight excluding hydrogens is 320 g/mol. The van der Waals surface area contributed by atoms with Crippen LogP contribution >= 0.6 is 0 Å². The van der Waals surface area contributed by atoms with E-state index < -0.39 is 6.04 Å². The van der Waals surface area contributed by atoms with E-state index in [0.29, 0.717) is 25.4 Å². The van der Waals surface area contributed by atoms with Crippen molar-refractivity contribution in [2.24, 2.45) is 11.1 Å². The molecule has 0 unspecified atom stereocenters. The number of carbonyl (C=O) groups excluding carboxylic acids is 2. The smallest absolute Gasteiger partial charge is 0.253 e. The molecule has 25 heavy (non-hydrogen) atoms. The second-order valence-corrected chi connectivity index (χ2v) is 7.36. The van der Waals surface area contributed by atoms with Crippen LogP contribution in [-0.4, -0.2) is 50.7 Å². The van der Waals surface area contributed by atoms with Gasteiger partial charge in [-0.05, 0) is 29.7 Å². The Morgan fingerprint density at radius 2 is 2.00 bits per heavy atom. The number of nitrogens with two attached hydrogens (primary N) is 1. The van der Waals surface area contributed by atoms with Crippen LogP contribution in [-0.2, 0) is 14.3 Å². The molecule has 138 valence electrons. The molecule has 1 aromatic carbocycles. The Morgan fingerprint density at radius 1 is 1.32 bits per heavy atom. The normalized spacial score (nSPS) is 16.6. The lowest BCUT2D eigenvalue weighted by Gasteiger charge is -2.27. The Balaban J connectivity index is 1.95. The number of rotatable bonds is 6. The van der Waals surface area contributed by atoms with Gasteiger partial charge in [-0.25, -0.2) is 0 Å². The molecule has 4 N–H and O–H groups in total. The lowest BCUT2D eigenvalue weighted by atomic mass is 9.96. The van der Waals surface area contributed by atoms with E-state index in [2.05, 4.69) is 31.4 Å². The Labute approximate surface area is 148 Å². The molecule has 0 aromatic heterocycles. The number of carbonyl (C=O) groups is 2. The van der Waals surface area contributed by atoms with E-state index in [9.17, 15) is 9.59 Å². The van der Waals surface area contributed by atoms with Crippen LogP contribution in [0.2, 0.25) is 0 Å². The first kappa shape index (κ1) is 19.4. The average Bonchev–Trinajstić information content (AvgIpc) is 2.56. The first-order chi connectivity index (χ1) is 11.8. The van der Waals surface area contributed by atoms with Crippen molar-refractivity contribution in [2.45, 2.75) is 26.8 Å². The summed E-state index contributed by atoms with van der Waals surface area (Å²) in [6.45, 7) is 8.38. The summed E-state index contributed by atoms with van der Waals surface area (Å²) in [6, 6.07) is 6.76. The summed E-state index contributed by atoms with van der Waals surface area (Å²) in [4.78, 5) is 25.9. The monoisotopic (exact) mass is 348 g/mol. The van der Waals surface area contributed by atoms with Crippen molar-refractivity contribution in [3.63, 3.8) is 0 Å². The van der Waals surface area contributed by atoms with Gasteiger partial charge in [-0.15, -0.1) is 0 Å². The zero-order valence-electron chi connectivity index (χ0n) is 15.2. The van der Waals surface area contributed by atoms with E-state index in [1.165, 1.54) is 0 Å². The molecule has 0 radical (unpaired) electrons. The third-order valence-electron chi connectivity index (χ3n) is 3.86. The molecule has 0 bridgehead atoms. The zero-order chi connectivity index (χ0) is 18.4. The van der Waals surface area contributed by atoms with Gasteiger partial charge < -0.3 is 26.0 Å². The predicted molar refractivity (Wildman–Crippen MR) is 98.5 cm³/mol. The summed E-state index contributed by atoms with van der Waals surface area (Å²) in [5.74, 6) is -0.223. The molecule has 1 fully saturated rings. The molecule has 1 aliphatic heterocycles. The van der Waals surface area contributed by atoms with E-state index in [1.807, 2.05) is 12.1 Å². The molecular formula is C18H28N4O3. The lowest BCUT2D eigenvalue weighted by molar-refractivity contribution is -0.125. The third-order valence-corrected chi connectivity index (χ3v) is 3.86. The quantitative estimate of drug-likeness (QED) is 0.711. The van der Waals surface area contributed by atoms with Crippen LogP contribution in [0.3, 0.4) is 0 Å². The molecule has 0 aliphatic carbocycles. The van der Waals surface area contributed by atoms with Gasteiger partial charge in [-0.3, -0.25) is 9.59 Å². The highest BCUT2D eigenvalue weighted by Crippen LogP contribution is 2.20. The van der Waals surface area contributed by atoms with E-state index in [-0.39, 0.29) is 30.4 Å². The maximum absolute atomic E-state index is 12.4. The van der Waals surface area contributed by atoms with Gasteiger partial charge in [0, 0.05) is 31.0 Å². The summed E-state index contributed by atoms with van der Waals surface area (Å²) in [5.41, 5.74) is 7.25. The van der Waals surface area contributed by atoms with Crippen molar-refractivity contribution in [1.29, 1.82) is 0 Å². The minimum atomic E-state index is -0.445. The van der Waals surface area contributed by atoms with Crippen molar-refractivity contribution in [1.82, 2.24) is 5.32 Å². The molecule has 1 atom stereocenters. The van der Waals surface area contributed by atoms with Gasteiger partial charge in [0.05, 0.1) is 12.6 Å². The topological polar surface area (TPSA) is 96.7 Å². The minimum absolute atomic E-state index is 0.0578. The molecule has 2 rings (SSSR count). The Kier molecular flexibility index (Phi) is 6.52. The summed E-state index contributed by atoms with van der Waals surface area (Å²) in [5, 5.41) is 6.06. The second-order valence-electron chi connectivity index (χ2n) is 7.36. The van der Waals surface area contributed by atoms with E-state index >= 15 is 0 Å². The van der Waals surface area contributed by atoms with Crippen LogP contribution < -0.4 is 21.3 Å². The van der Waals surface area contributed by atoms with Crippen LogP contribution in [0.5, 0.6) is 0 Å². The van der Waals surface area contributed by atoms with Gasteiger partial charge in [-0.1, -0.05) is 20.8 Å². The number of benzene rings is 1. The van der Waals surface area contributed by atoms with Crippen LogP contribution in [0, 0.1) is 5.41 Å². The standard InChI is InChI=1S/C18H28N4O3/c1-18(2,3)12-20-15(10-19)17(24)21-13-4-6-14(7-5-13)22-8-9-25-11-16(22)23/h4-7,15,20H,8-12,19H2,1-3H3,(H,21,24)/t15-/m0/s1. The number of morpholine rings is 1. The molecule has 1 aromatic rings. The van der Waals surface area contributed by atoms with Gasteiger partial charge >= 0.3 is 0 Å². The Hall–Kier alpha value is -1.96. The van der Waals surface area contributed by atoms with Crippen molar-refractivity contribution < 1.29 is 14.3 Å². The summed E-state index contributed by atoms with van der Waals surface area (Å²) in [6.07, 6.45) is 0. The number of hydrogen-bond acceptors (Lipinski definition) is 5. The summed E-state index contributed by atoms with van der Waals surface area (Å²) >= 11 is 0. The first-order valence-corrected chi connectivity index (χ1v) is 8.52. The van der Waals surface area contributed by atoms with Crippen LogP contribution in [0.4, 0.5) is 11.4 Å². The number of nitrogens with zero attached hydrogens (tertiary/aromatic N) is 1. The highest BCUT2D eigenvalue weighted by molar-refractivity contribution is 5.97. The Morgan fingerprint density at radius 3 is 2.56 bits per heavy atom. The molecule has 1 heterocycles. The SMILES string of the molecule is CC(C)(C)CN[C@@H](CN)C(=O)Nc1ccc(N2CCOCC2=O)cc1. The van der Waals surface area contributed by atoms with Crippen molar-refractivity contribution in [3.8, 4) is 0 Å². The van der Waals surface area contributed by atoms with Crippen molar-refractivity contribution in [3.05, 3.63) is 24.3 Å². The number of nitrogens with one attached hydrogen (secondary N) is 2. The van der Waals surface area contributed by atoms with Crippen LogP contribution in [0.25, 0.3) is 0 Å². The van der Waals surface area contributed by atoms with Crippen LogP contribution in [0.15, 0.2) is 24.3 Å². The van der Waals surface area contributed by atoms with E-state index in [0.717, 1.165) is 5.69 Å². The number of amides is 2. The van der Waals surface area contributed by atoms with Gasteiger partial charge in [-0.2, -0.15) is 0 Å². The van der Waals surface area contributed by atoms with Crippen molar-refractivity contribution in [2.75, 3.05) is 43.1 Å². The van der Waals surface area contributed by atoms with Crippen LogP contribution in [0.1, 0.15) is 20.8 Å². The molecule has 0 spiro atoms. The molecule has 7 nitrogen and oxygen atoms in total. The summed E-state index contributed by atoms with van der Waals surface area (Å²) < 4.78 is 5.13. The number of ether oxygens (including phenoxy) is 1. The van der Waals surface area contributed by atoms with Gasteiger partial charge in [0.1, 0.15) is 6.61 Å². The fourth-order valence-electron chi connectivity index (χ4n) is 2.46. The molecule has 0 saturated carbocycles. The largest absolute Gasteiger partial charge is 0.370 e. The number of hydrogen-bond donors (Lipinski definition) is 3. The van der Waals surface area contributed by atoms with Gasteiger partial charge in [0.15, 0.2) is 0 Å². The zero-order valence-corrected chi connectivity index (χ0v) is 15.2. The fraction of sp³-hybridized carbons (Fsp3) is 0.556. The van der Waals surface area contributed by atoms with Crippen molar-refractivity contribution >= 4 is 23.2 Å². The van der Waals surface area contributed by atoms with Gasteiger partial charge in [0.2, 0.25) is 5.91 Å². The molecule has 1 saturated heterocycles. The minimum Gasteiger partial charge on any atom is -0.370 e. The number of anilines is 2. The maximum atomic E-state index is 12.4. The molecule has 1 aliphatic rings. The Bertz CT molecular complexity index is 595. The molecule has 2 amide bonds. The fourth-order valence-corrected chi connectivity index (χ4v) is 2.46. The highest BCUT2D eigenvalue weighted by Gasteiger charge is 2.21. The predicted octanol–water partition coefficient (Wildman–Crippen LogP) is 0.951. The van der Waals surface area contributed by atoms with E-state index in [4.69, 9.17) is 10.5 Å². The second kappa shape index (κ2) is 8.42. The summed E-state index contributed by atoms with van der Waals surface area (Å²) in [7, 11) is 0.